The van der Waals surface area contributed by atoms with Gasteiger partial charge in [-0.2, -0.15) is 11.8 Å². The fraction of sp³-hybridized carbons (Fsp3) is 0.556. The molecule has 0 radical (unpaired) electrons. The second-order valence-corrected chi connectivity index (χ2v) is 7.52. The predicted octanol–water partition coefficient (Wildman–Crippen LogP) is 3.78. The van der Waals surface area contributed by atoms with Gasteiger partial charge in [0.25, 0.3) is 5.91 Å². The van der Waals surface area contributed by atoms with Gasteiger partial charge in [0.2, 0.25) is 5.91 Å². The summed E-state index contributed by atoms with van der Waals surface area (Å²) in [6.45, 7) is 3.99. The van der Waals surface area contributed by atoms with Crippen molar-refractivity contribution in [2.45, 2.75) is 50.8 Å². The van der Waals surface area contributed by atoms with Crippen LogP contribution in [0.25, 0.3) is 0 Å². The van der Waals surface area contributed by atoms with Crippen molar-refractivity contribution in [3.05, 3.63) is 29.8 Å². The van der Waals surface area contributed by atoms with E-state index in [1.807, 2.05) is 48.8 Å². The maximum atomic E-state index is 12.7. The van der Waals surface area contributed by atoms with Gasteiger partial charge in [-0.1, -0.05) is 19.9 Å². The SMILES string of the molecule is CCS[C@@H]1CC[C@H](N(C)C(=O)c2cccc(NC(=O)CC)c2)C1. The lowest BCUT2D eigenvalue weighted by Gasteiger charge is -2.25. The number of carbonyl (C=O) groups is 2. The van der Waals surface area contributed by atoms with Gasteiger partial charge in [-0.25, -0.2) is 0 Å². The third kappa shape index (κ3) is 4.74. The molecule has 2 atom stereocenters. The first kappa shape index (κ1) is 17.9. The molecule has 0 spiro atoms. The Balaban J connectivity index is 2.02. The van der Waals surface area contributed by atoms with E-state index in [9.17, 15) is 9.59 Å². The maximum absolute atomic E-state index is 12.7. The van der Waals surface area contributed by atoms with Gasteiger partial charge in [0, 0.05) is 36.0 Å². The molecule has 126 valence electrons. The minimum atomic E-state index is -0.0434. The van der Waals surface area contributed by atoms with E-state index in [1.54, 1.807) is 6.07 Å². The Morgan fingerprint density at radius 2 is 2.09 bits per heavy atom. The van der Waals surface area contributed by atoms with E-state index in [-0.39, 0.29) is 11.8 Å². The van der Waals surface area contributed by atoms with Crippen molar-refractivity contribution in [1.29, 1.82) is 0 Å². The third-order valence-corrected chi connectivity index (χ3v) is 5.57. The molecule has 1 saturated carbocycles. The van der Waals surface area contributed by atoms with Crippen LogP contribution in [0.5, 0.6) is 0 Å². The molecule has 5 heteroatoms. The first-order valence-corrected chi connectivity index (χ1v) is 9.38. The molecular weight excluding hydrogens is 308 g/mol. The molecule has 0 aromatic heterocycles. The zero-order valence-corrected chi connectivity index (χ0v) is 15.0. The van der Waals surface area contributed by atoms with E-state index >= 15 is 0 Å². The largest absolute Gasteiger partial charge is 0.339 e. The minimum Gasteiger partial charge on any atom is -0.339 e. The van der Waals surface area contributed by atoms with Gasteiger partial charge in [0.1, 0.15) is 0 Å². The topological polar surface area (TPSA) is 49.4 Å². The summed E-state index contributed by atoms with van der Waals surface area (Å²) in [6.07, 6.45) is 3.77. The van der Waals surface area contributed by atoms with Gasteiger partial charge < -0.3 is 10.2 Å². The van der Waals surface area contributed by atoms with Gasteiger partial charge in [0.15, 0.2) is 0 Å². The first-order valence-electron chi connectivity index (χ1n) is 8.33. The quantitative estimate of drug-likeness (QED) is 0.861. The van der Waals surface area contributed by atoms with E-state index in [0.29, 0.717) is 29.0 Å². The Morgan fingerprint density at radius 3 is 2.78 bits per heavy atom. The molecule has 1 aromatic carbocycles. The molecule has 1 aliphatic rings. The summed E-state index contributed by atoms with van der Waals surface area (Å²) in [6, 6.07) is 7.53. The zero-order chi connectivity index (χ0) is 16.8. The van der Waals surface area contributed by atoms with E-state index in [0.717, 1.165) is 18.6 Å². The van der Waals surface area contributed by atoms with Crippen LogP contribution in [0.2, 0.25) is 0 Å². The van der Waals surface area contributed by atoms with E-state index in [2.05, 4.69) is 12.2 Å². The summed E-state index contributed by atoms with van der Waals surface area (Å²) in [7, 11) is 1.89. The number of carbonyl (C=O) groups excluding carboxylic acids is 2. The molecule has 0 aliphatic heterocycles. The van der Waals surface area contributed by atoms with Crippen molar-refractivity contribution in [2.24, 2.45) is 0 Å². The highest BCUT2D eigenvalue weighted by molar-refractivity contribution is 7.99. The molecule has 2 rings (SSSR count). The third-order valence-electron chi connectivity index (χ3n) is 4.34. The van der Waals surface area contributed by atoms with E-state index in [4.69, 9.17) is 0 Å². The highest BCUT2D eigenvalue weighted by atomic mass is 32.2. The smallest absolute Gasteiger partial charge is 0.253 e. The molecule has 2 amide bonds. The summed E-state index contributed by atoms with van der Waals surface area (Å²) in [5, 5.41) is 3.48. The lowest BCUT2D eigenvalue weighted by atomic mass is 10.1. The van der Waals surface area contributed by atoms with Crippen molar-refractivity contribution >= 4 is 29.3 Å². The van der Waals surface area contributed by atoms with Gasteiger partial charge in [-0.05, 0) is 43.2 Å². The number of rotatable bonds is 6. The second-order valence-electron chi connectivity index (χ2n) is 5.94. The van der Waals surface area contributed by atoms with Crippen LogP contribution in [0, 0.1) is 0 Å². The molecule has 0 heterocycles. The Labute approximate surface area is 143 Å². The molecular formula is C18H26N2O2S. The Hall–Kier alpha value is -1.49. The Bertz CT molecular complexity index is 562. The lowest BCUT2D eigenvalue weighted by molar-refractivity contribution is -0.115. The molecule has 0 saturated heterocycles. The summed E-state index contributed by atoms with van der Waals surface area (Å²) < 4.78 is 0. The van der Waals surface area contributed by atoms with Crippen LogP contribution in [-0.2, 0) is 4.79 Å². The highest BCUT2D eigenvalue weighted by Crippen LogP contribution is 2.32. The zero-order valence-electron chi connectivity index (χ0n) is 14.2. The molecule has 0 unspecified atom stereocenters. The van der Waals surface area contributed by atoms with Crippen LogP contribution in [0.15, 0.2) is 24.3 Å². The summed E-state index contributed by atoms with van der Waals surface area (Å²) >= 11 is 1.99. The lowest BCUT2D eigenvalue weighted by Crippen LogP contribution is -2.35. The standard InChI is InChI=1S/C18H26N2O2S/c1-4-17(21)19-14-8-6-7-13(11-14)18(22)20(3)15-9-10-16(12-15)23-5-2/h6-8,11,15-16H,4-5,9-10,12H2,1-3H3,(H,19,21)/t15-,16+/m0/s1. The van der Waals surface area contributed by atoms with Crippen LogP contribution in [0.3, 0.4) is 0 Å². The minimum absolute atomic E-state index is 0.0322. The fourth-order valence-electron chi connectivity index (χ4n) is 3.01. The Kier molecular flexibility index (Phi) is 6.51. The van der Waals surface area contributed by atoms with Crippen LogP contribution in [-0.4, -0.2) is 40.8 Å². The summed E-state index contributed by atoms with van der Waals surface area (Å²) in [5.41, 5.74) is 1.31. The molecule has 1 aromatic rings. The first-order chi connectivity index (χ1) is 11.0. The normalized spacial score (nSPS) is 20.3. The molecule has 0 bridgehead atoms. The fourth-order valence-corrected chi connectivity index (χ4v) is 4.14. The van der Waals surface area contributed by atoms with Crippen molar-refractivity contribution in [3.8, 4) is 0 Å². The number of hydrogen-bond donors (Lipinski definition) is 1. The molecule has 23 heavy (non-hydrogen) atoms. The van der Waals surface area contributed by atoms with Gasteiger partial charge in [-0.15, -0.1) is 0 Å². The van der Waals surface area contributed by atoms with Gasteiger partial charge >= 0.3 is 0 Å². The second kappa shape index (κ2) is 8.39. The molecule has 4 nitrogen and oxygen atoms in total. The van der Waals surface area contributed by atoms with Crippen molar-refractivity contribution < 1.29 is 9.59 Å². The molecule has 1 N–H and O–H groups in total. The van der Waals surface area contributed by atoms with E-state index < -0.39 is 0 Å². The van der Waals surface area contributed by atoms with Gasteiger partial charge in [-0.3, -0.25) is 9.59 Å². The van der Waals surface area contributed by atoms with Crippen molar-refractivity contribution in [3.63, 3.8) is 0 Å². The maximum Gasteiger partial charge on any atom is 0.253 e. The summed E-state index contributed by atoms with van der Waals surface area (Å²) in [4.78, 5) is 26.1. The molecule has 1 fully saturated rings. The van der Waals surface area contributed by atoms with Crippen molar-refractivity contribution in [1.82, 2.24) is 4.90 Å². The number of nitrogens with zero attached hydrogens (tertiary/aromatic N) is 1. The average molecular weight is 334 g/mol. The van der Waals surface area contributed by atoms with E-state index in [1.165, 1.54) is 6.42 Å². The summed E-state index contributed by atoms with van der Waals surface area (Å²) in [5.74, 6) is 1.12. The number of thioether (sulfide) groups is 1. The number of nitrogens with one attached hydrogen (secondary N) is 1. The number of anilines is 1. The van der Waals surface area contributed by atoms with Crippen LogP contribution >= 0.6 is 11.8 Å². The van der Waals surface area contributed by atoms with Crippen LogP contribution < -0.4 is 5.32 Å². The number of benzene rings is 1. The highest BCUT2D eigenvalue weighted by Gasteiger charge is 2.30. The Morgan fingerprint density at radius 1 is 1.30 bits per heavy atom. The van der Waals surface area contributed by atoms with Crippen LogP contribution in [0.4, 0.5) is 5.69 Å². The molecule has 1 aliphatic carbocycles. The monoisotopic (exact) mass is 334 g/mol. The predicted molar refractivity (Wildman–Crippen MR) is 97.0 cm³/mol. The van der Waals surface area contributed by atoms with Crippen molar-refractivity contribution in [2.75, 3.05) is 18.1 Å². The van der Waals surface area contributed by atoms with Crippen LogP contribution in [0.1, 0.15) is 49.9 Å². The average Bonchev–Trinajstić information content (AvgIpc) is 3.02. The number of hydrogen-bond acceptors (Lipinski definition) is 3. The van der Waals surface area contributed by atoms with Gasteiger partial charge in [0.05, 0.1) is 0 Å². The number of amides is 2.